The van der Waals surface area contributed by atoms with Crippen LogP contribution in [0.1, 0.15) is 15.2 Å². The third-order valence-corrected chi connectivity index (χ3v) is 5.36. The zero-order chi connectivity index (χ0) is 17.2. The maximum absolute atomic E-state index is 12.6. The number of aryl methyl sites for hydroxylation is 1. The maximum Gasteiger partial charge on any atom is 0.264 e. The van der Waals surface area contributed by atoms with Gasteiger partial charge in [-0.05, 0) is 46.5 Å². The standard InChI is InChI=1S/C17H18N6OS/c1-13-7-12-25-15(13)16(24)21-8-10-22(11-9-21)17-18-19-20-23(17)14-5-3-2-4-6-14/h2-7,12H,8-11H2,1H3. The van der Waals surface area contributed by atoms with Crippen LogP contribution >= 0.6 is 11.3 Å². The number of anilines is 1. The van der Waals surface area contributed by atoms with Crippen molar-refractivity contribution in [2.24, 2.45) is 0 Å². The molecule has 0 N–H and O–H groups in total. The molecular weight excluding hydrogens is 336 g/mol. The second-order valence-corrected chi connectivity index (χ2v) is 6.85. The van der Waals surface area contributed by atoms with Gasteiger partial charge in [0.25, 0.3) is 5.91 Å². The van der Waals surface area contributed by atoms with Crippen LogP contribution in [0, 0.1) is 6.92 Å². The molecule has 1 aliphatic rings. The number of aromatic nitrogens is 4. The van der Waals surface area contributed by atoms with E-state index in [1.54, 1.807) is 4.68 Å². The number of tetrazole rings is 1. The first-order chi connectivity index (χ1) is 12.2. The smallest absolute Gasteiger partial charge is 0.264 e. The lowest BCUT2D eigenvalue weighted by molar-refractivity contribution is 0.0750. The minimum atomic E-state index is 0.120. The summed E-state index contributed by atoms with van der Waals surface area (Å²) in [5, 5.41) is 14.1. The van der Waals surface area contributed by atoms with E-state index in [0.29, 0.717) is 32.1 Å². The summed E-state index contributed by atoms with van der Waals surface area (Å²) in [5.74, 6) is 0.834. The summed E-state index contributed by atoms with van der Waals surface area (Å²) < 4.78 is 1.74. The highest BCUT2D eigenvalue weighted by Gasteiger charge is 2.26. The maximum atomic E-state index is 12.6. The molecule has 2 aromatic heterocycles. The molecule has 128 valence electrons. The number of hydrogen-bond donors (Lipinski definition) is 0. The van der Waals surface area contributed by atoms with E-state index in [0.717, 1.165) is 16.1 Å². The number of carbonyl (C=O) groups is 1. The van der Waals surface area contributed by atoms with Crippen LogP contribution in [0.2, 0.25) is 0 Å². The Morgan fingerprint density at radius 1 is 1.08 bits per heavy atom. The van der Waals surface area contributed by atoms with Crippen LogP contribution in [0.25, 0.3) is 5.69 Å². The molecule has 1 saturated heterocycles. The fourth-order valence-corrected chi connectivity index (χ4v) is 3.85. The predicted octanol–water partition coefficient (Wildman–Crippen LogP) is 1.99. The van der Waals surface area contributed by atoms with Gasteiger partial charge in [-0.2, -0.15) is 4.68 Å². The Labute approximate surface area is 149 Å². The van der Waals surface area contributed by atoms with Gasteiger partial charge in [-0.3, -0.25) is 4.79 Å². The molecule has 1 fully saturated rings. The SMILES string of the molecule is Cc1ccsc1C(=O)N1CCN(c2nnnn2-c2ccccc2)CC1. The Hall–Kier alpha value is -2.74. The summed E-state index contributed by atoms with van der Waals surface area (Å²) in [6.45, 7) is 4.73. The Morgan fingerprint density at radius 3 is 2.52 bits per heavy atom. The van der Waals surface area contributed by atoms with Crippen molar-refractivity contribution in [2.45, 2.75) is 6.92 Å². The van der Waals surface area contributed by atoms with E-state index in [1.807, 2.05) is 53.6 Å². The van der Waals surface area contributed by atoms with Crippen molar-refractivity contribution in [3.05, 3.63) is 52.2 Å². The van der Waals surface area contributed by atoms with Crippen LogP contribution in [0.4, 0.5) is 5.95 Å². The van der Waals surface area contributed by atoms with Gasteiger partial charge in [0.05, 0.1) is 10.6 Å². The summed E-state index contributed by atoms with van der Waals surface area (Å²) in [6, 6.07) is 11.8. The molecule has 0 bridgehead atoms. The van der Waals surface area contributed by atoms with Crippen molar-refractivity contribution in [3.8, 4) is 5.69 Å². The molecule has 0 unspecified atom stereocenters. The van der Waals surface area contributed by atoms with E-state index >= 15 is 0 Å². The van der Waals surface area contributed by atoms with Crippen LogP contribution in [0.15, 0.2) is 41.8 Å². The van der Waals surface area contributed by atoms with Gasteiger partial charge < -0.3 is 9.80 Å². The molecule has 0 radical (unpaired) electrons. The lowest BCUT2D eigenvalue weighted by Crippen LogP contribution is -2.49. The third kappa shape index (κ3) is 3.00. The quantitative estimate of drug-likeness (QED) is 0.720. The molecule has 3 heterocycles. The van der Waals surface area contributed by atoms with Gasteiger partial charge >= 0.3 is 0 Å². The number of rotatable bonds is 3. The van der Waals surface area contributed by atoms with Crippen LogP contribution < -0.4 is 4.90 Å². The van der Waals surface area contributed by atoms with E-state index in [9.17, 15) is 4.79 Å². The molecule has 7 nitrogen and oxygen atoms in total. The highest BCUT2D eigenvalue weighted by Crippen LogP contribution is 2.21. The van der Waals surface area contributed by atoms with Crippen LogP contribution in [-0.4, -0.2) is 57.2 Å². The molecule has 0 saturated carbocycles. The summed E-state index contributed by atoms with van der Waals surface area (Å²) >= 11 is 1.51. The first-order valence-electron chi connectivity index (χ1n) is 8.16. The van der Waals surface area contributed by atoms with E-state index < -0.39 is 0 Å². The number of piperazine rings is 1. The van der Waals surface area contributed by atoms with Crippen LogP contribution in [0.5, 0.6) is 0 Å². The molecule has 1 aliphatic heterocycles. The van der Waals surface area contributed by atoms with Gasteiger partial charge in [0, 0.05) is 26.2 Å². The summed E-state index contributed by atoms with van der Waals surface area (Å²) in [6.07, 6.45) is 0. The molecule has 3 aromatic rings. The molecule has 0 spiro atoms. The van der Waals surface area contributed by atoms with Gasteiger partial charge in [0.15, 0.2) is 0 Å². The average molecular weight is 354 g/mol. The Balaban J connectivity index is 1.47. The van der Waals surface area contributed by atoms with Crippen LogP contribution in [-0.2, 0) is 0 Å². The minimum Gasteiger partial charge on any atom is -0.336 e. The number of amides is 1. The fourth-order valence-electron chi connectivity index (χ4n) is 2.96. The number of hydrogen-bond acceptors (Lipinski definition) is 6. The monoisotopic (exact) mass is 354 g/mol. The second-order valence-electron chi connectivity index (χ2n) is 5.94. The van der Waals surface area contributed by atoms with E-state index in [1.165, 1.54) is 11.3 Å². The first-order valence-corrected chi connectivity index (χ1v) is 9.04. The summed E-state index contributed by atoms with van der Waals surface area (Å²) in [5.41, 5.74) is 1.97. The zero-order valence-electron chi connectivity index (χ0n) is 13.9. The van der Waals surface area contributed by atoms with E-state index in [-0.39, 0.29) is 5.91 Å². The molecule has 0 aliphatic carbocycles. The Kier molecular flexibility index (Phi) is 4.19. The molecule has 0 atom stereocenters. The van der Waals surface area contributed by atoms with Gasteiger partial charge in [-0.15, -0.1) is 11.3 Å². The highest BCUT2D eigenvalue weighted by molar-refractivity contribution is 7.12. The van der Waals surface area contributed by atoms with Crippen LogP contribution in [0.3, 0.4) is 0 Å². The van der Waals surface area contributed by atoms with E-state index in [2.05, 4.69) is 20.4 Å². The Bertz CT molecular complexity index is 866. The summed E-state index contributed by atoms with van der Waals surface area (Å²) in [4.78, 5) is 17.5. The number of nitrogens with zero attached hydrogens (tertiary/aromatic N) is 6. The minimum absolute atomic E-state index is 0.120. The molecule has 1 aromatic carbocycles. The lowest BCUT2D eigenvalue weighted by Gasteiger charge is -2.34. The highest BCUT2D eigenvalue weighted by atomic mass is 32.1. The van der Waals surface area contributed by atoms with Gasteiger partial charge in [-0.1, -0.05) is 23.3 Å². The number of para-hydroxylation sites is 1. The average Bonchev–Trinajstić information content (AvgIpc) is 3.31. The number of thiophene rings is 1. The van der Waals surface area contributed by atoms with Crippen molar-refractivity contribution in [1.29, 1.82) is 0 Å². The van der Waals surface area contributed by atoms with Crippen molar-refractivity contribution in [2.75, 3.05) is 31.1 Å². The normalized spacial score (nSPS) is 14.8. The predicted molar refractivity (Wildman–Crippen MR) is 96.3 cm³/mol. The zero-order valence-corrected chi connectivity index (χ0v) is 14.7. The second kappa shape index (κ2) is 6.64. The first kappa shape index (κ1) is 15.8. The van der Waals surface area contributed by atoms with Crippen molar-refractivity contribution >= 4 is 23.2 Å². The van der Waals surface area contributed by atoms with Crippen molar-refractivity contribution in [1.82, 2.24) is 25.1 Å². The number of benzene rings is 1. The van der Waals surface area contributed by atoms with Crippen molar-refractivity contribution in [3.63, 3.8) is 0 Å². The third-order valence-electron chi connectivity index (χ3n) is 4.36. The molecule has 1 amide bonds. The molecule has 25 heavy (non-hydrogen) atoms. The lowest BCUT2D eigenvalue weighted by atomic mass is 10.2. The van der Waals surface area contributed by atoms with Crippen molar-refractivity contribution < 1.29 is 4.79 Å². The van der Waals surface area contributed by atoms with E-state index in [4.69, 9.17) is 0 Å². The van der Waals surface area contributed by atoms with Gasteiger partial charge in [-0.25, -0.2) is 0 Å². The van der Waals surface area contributed by atoms with Gasteiger partial charge in [0.1, 0.15) is 0 Å². The molecule has 4 rings (SSSR count). The molecular formula is C17H18N6OS. The summed E-state index contributed by atoms with van der Waals surface area (Å²) in [7, 11) is 0. The topological polar surface area (TPSA) is 67.2 Å². The van der Waals surface area contributed by atoms with Gasteiger partial charge in [0.2, 0.25) is 5.95 Å². The molecule has 8 heteroatoms. The largest absolute Gasteiger partial charge is 0.336 e. The number of carbonyl (C=O) groups excluding carboxylic acids is 1. The Morgan fingerprint density at radius 2 is 1.84 bits per heavy atom. The fraction of sp³-hybridized carbons (Fsp3) is 0.294.